The molecule has 0 atom stereocenters. The predicted molar refractivity (Wildman–Crippen MR) is 46.0 cm³/mol. The highest BCUT2D eigenvalue weighted by Gasteiger charge is 1.83. The molecular formula is C7H13NS. The second-order valence-electron chi connectivity index (χ2n) is 2.17. The van der Waals surface area contributed by atoms with Crippen molar-refractivity contribution < 1.29 is 0 Å². The smallest absolute Gasteiger partial charge is 0.0588 e. The van der Waals surface area contributed by atoms with E-state index in [9.17, 15) is 0 Å². The van der Waals surface area contributed by atoms with Crippen molar-refractivity contribution >= 4 is 17.3 Å². The van der Waals surface area contributed by atoms with Crippen molar-refractivity contribution in [1.82, 2.24) is 0 Å². The molecule has 2 heteroatoms. The van der Waals surface area contributed by atoms with Crippen LogP contribution in [0.1, 0.15) is 20.8 Å². The van der Waals surface area contributed by atoms with Crippen LogP contribution in [-0.2, 0) is 0 Å². The van der Waals surface area contributed by atoms with E-state index in [2.05, 4.69) is 25.4 Å². The van der Waals surface area contributed by atoms with E-state index in [1.165, 1.54) is 0 Å². The molecule has 0 aromatic carbocycles. The van der Waals surface area contributed by atoms with E-state index in [-0.39, 0.29) is 0 Å². The van der Waals surface area contributed by atoms with Gasteiger partial charge in [0.2, 0.25) is 0 Å². The van der Waals surface area contributed by atoms with Crippen molar-refractivity contribution in [2.45, 2.75) is 26.8 Å². The molecule has 0 saturated carbocycles. The van der Waals surface area contributed by atoms with E-state index < -0.39 is 0 Å². The molecule has 0 aromatic rings. The van der Waals surface area contributed by atoms with Crippen molar-refractivity contribution in [3.63, 3.8) is 0 Å². The number of thioether (sulfide) groups is 1. The summed E-state index contributed by atoms with van der Waals surface area (Å²) >= 11 is 1.57. The van der Waals surface area contributed by atoms with Gasteiger partial charge in [0.05, 0.1) is 5.55 Å². The number of nitrogens with zero attached hydrogens (tertiary/aromatic N) is 1. The summed E-state index contributed by atoms with van der Waals surface area (Å²) in [5.74, 6) is 0. The molecule has 0 aliphatic heterocycles. The second-order valence-corrected chi connectivity index (χ2v) is 3.31. The maximum absolute atomic E-state index is 4.14. The highest BCUT2D eigenvalue weighted by molar-refractivity contribution is 8.15. The first-order valence-electron chi connectivity index (χ1n) is 2.96. The largest absolute Gasteiger partial charge is 0.283 e. The summed E-state index contributed by atoms with van der Waals surface area (Å²) in [7, 11) is 0. The van der Waals surface area contributed by atoms with Crippen LogP contribution in [0.4, 0.5) is 0 Å². The quantitative estimate of drug-likeness (QED) is 0.437. The van der Waals surface area contributed by atoms with Crippen LogP contribution in [0.2, 0.25) is 0 Å². The molecule has 0 unspecified atom stereocenters. The number of aliphatic imine (C=N–C) groups is 1. The van der Waals surface area contributed by atoms with Gasteiger partial charge in [-0.15, -0.1) is 0 Å². The van der Waals surface area contributed by atoms with Crippen molar-refractivity contribution in [2.24, 2.45) is 4.99 Å². The first kappa shape index (κ1) is 8.76. The first-order chi connectivity index (χ1) is 4.13. The standard InChI is InChI=1S/C7H13NS/c1-6(2)8-5-9-7(3)4/h5-6H,3H2,1-2,4H3/b8-5-. The SMILES string of the molecule is C=C(C)S/C=N\C(C)C. The second kappa shape index (κ2) is 4.62. The van der Waals surface area contributed by atoms with Gasteiger partial charge in [-0.2, -0.15) is 0 Å². The van der Waals surface area contributed by atoms with Crippen LogP contribution in [0.15, 0.2) is 16.5 Å². The number of hydrogen-bond donors (Lipinski definition) is 0. The molecule has 0 aliphatic carbocycles. The first-order valence-corrected chi connectivity index (χ1v) is 3.84. The summed E-state index contributed by atoms with van der Waals surface area (Å²) in [5, 5.41) is 0. The zero-order chi connectivity index (χ0) is 7.28. The molecule has 0 aliphatic rings. The van der Waals surface area contributed by atoms with Gasteiger partial charge in [0.1, 0.15) is 0 Å². The Morgan fingerprint density at radius 1 is 1.67 bits per heavy atom. The lowest BCUT2D eigenvalue weighted by molar-refractivity contribution is 0.843. The van der Waals surface area contributed by atoms with Gasteiger partial charge < -0.3 is 0 Å². The van der Waals surface area contributed by atoms with Crippen LogP contribution in [0.5, 0.6) is 0 Å². The number of allylic oxidation sites excluding steroid dienone is 1. The molecule has 0 bridgehead atoms. The van der Waals surface area contributed by atoms with Gasteiger partial charge in [0.15, 0.2) is 0 Å². The van der Waals surface area contributed by atoms with Crippen LogP contribution in [0, 0.1) is 0 Å². The Hall–Kier alpha value is -0.240. The average molecular weight is 143 g/mol. The van der Waals surface area contributed by atoms with Crippen molar-refractivity contribution in [3.8, 4) is 0 Å². The zero-order valence-corrected chi connectivity index (χ0v) is 7.03. The molecule has 0 N–H and O–H groups in total. The molecule has 52 valence electrons. The molecule has 9 heavy (non-hydrogen) atoms. The van der Waals surface area contributed by atoms with E-state index >= 15 is 0 Å². The van der Waals surface area contributed by atoms with E-state index in [4.69, 9.17) is 0 Å². The Balaban J connectivity index is 3.36. The fourth-order valence-electron chi connectivity index (χ4n) is 0.242. The molecule has 1 nitrogen and oxygen atoms in total. The van der Waals surface area contributed by atoms with Crippen LogP contribution in [-0.4, -0.2) is 11.6 Å². The Kier molecular flexibility index (Phi) is 4.50. The third-order valence-corrected chi connectivity index (χ3v) is 1.24. The molecular weight excluding hydrogens is 130 g/mol. The third kappa shape index (κ3) is 7.76. The molecule has 0 rings (SSSR count). The van der Waals surface area contributed by atoms with Gasteiger partial charge in [0, 0.05) is 6.04 Å². The minimum absolute atomic E-state index is 0.400. The fourth-order valence-corrected chi connectivity index (χ4v) is 0.726. The van der Waals surface area contributed by atoms with Crippen LogP contribution < -0.4 is 0 Å². The van der Waals surface area contributed by atoms with Gasteiger partial charge in [-0.3, -0.25) is 4.99 Å². The maximum atomic E-state index is 4.14. The summed E-state index contributed by atoms with van der Waals surface area (Å²) in [5.41, 5.74) is 1.84. The lowest BCUT2D eigenvalue weighted by Crippen LogP contribution is -1.85. The van der Waals surface area contributed by atoms with E-state index in [0.29, 0.717) is 6.04 Å². The summed E-state index contributed by atoms with van der Waals surface area (Å²) in [6, 6.07) is 0.400. The number of hydrogen-bond acceptors (Lipinski definition) is 2. The van der Waals surface area contributed by atoms with E-state index in [1.54, 1.807) is 11.8 Å². The van der Waals surface area contributed by atoms with Crippen LogP contribution in [0.3, 0.4) is 0 Å². The monoisotopic (exact) mass is 143 g/mol. The van der Waals surface area contributed by atoms with E-state index in [1.807, 2.05) is 12.5 Å². The average Bonchev–Trinajstić information content (AvgIpc) is 1.63. The lowest BCUT2D eigenvalue weighted by atomic mass is 10.4. The summed E-state index contributed by atoms with van der Waals surface area (Å²) < 4.78 is 0. The van der Waals surface area contributed by atoms with Crippen LogP contribution in [0.25, 0.3) is 0 Å². The maximum Gasteiger partial charge on any atom is 0.0588 e. The van der Waals surface area contributed by atoms with Gasteiger partial charge in [0.25, 0.3) is 0 Å². The van der Waals surface area contributed by atoms with Crippen molar-refractivity contribution in [3.05, 3.63) is 11.5 Å². The molecule has 0 fully saturated rings. The normalized spacial score (nSPS) is 11.1. The summed E-state index contributed by atoms with van der Waals surface area (Å²) in [6.45, 7) is 9.80. The summed E-state index contributed by atoms with van der Waals surface area (Å²) in [6.07, 6.45) is 0. The number of rotatable bonds is 3. The minimum Gasteiger partial charge on any atom is -0.283 e. The zero-order valence-electron chi connectivity index (χ0n) is 6.22. The fraction of sp³-hybridized carbons (Fsp3) is 0.571. The topological polar surface area (TPSA) is 12.4 Å². The van der Waals surface area contributed by atoms with Crippen molar-refractivity contribution in [1.29, 1.82) is 0 Å². The minimum atomic E-state index is 0.400. The highest BCUT2D eigenvalue weighted by atomic mass is 32.2. The molecule has 0 radical (unpaired) electrons. The molecule has 0 spiro atoms. The van der Waals surface area contributed by atoms with Gasteiger partial charge in [-0.05, 0) is 25.7 Å². The Labute approximate surface area is 61.3 Å². The molecule has 0 amide bonds. The molecule has 0 aromatic heterocycles. The van der Waals surface area contributed by atoms with E-state index in [0.717, 1.165) is 4.91 Å². The summed E-state index contributed by atoms with van der Waals surface area (Å²) in [4.78, 5) is 5.22. The van der Waals surface area contributed by atoms with Gasteiger partial charge >= 0.3 is 0 Å². The van der Waals surface area contributed by atoms with Crippen molar-refractivity contribution in [2.75, 3.05) is 0 Å². The Morgan fingerprint density at radius 3 is 2.56 bits per heavy atom. The third-order valence-electron chi connectivity index (χ3n) is 0.613. The predicted octanol–water partition coefficient (Wildman–Crippen LogP) is 2.69. The Bertz CT molecular complexity index is 116. The van der Waals surface area contributed by atoms with Gasteiger partial charge in [-0.25, -0.2) is 0 Å². The molecule has 0 heterocycles. The highest BCUT2D eigenvalue weighted by Crippen LogP contribution is 2.07. The lowest BCUT2D eigenvalue weighted by Gasteiger charge is -1.93. The van der Waals surface area contributed by atoms with Gasteiger partial charge in [-0.1, -0.05) is 18.3 Å². The van der Waals surface area contributed by atoms with Crippen LogP contribution >= 0.6 is 11.8 Å². The molecule has 0 saturated heterocycles. The Morgan fingerprint density at radius 2 is 2.22 bits per heavy atom.